The van der Waals surface area contributed by atoms with Crippen molar-refractivity contribution in [2.45, 2.75) is 33.9 Å². The minimum Gasteiger partial charge on any atom is -0.508 e. The minimum atomic E-state index is -4.60. The Kier molecular flexibility index (Phi) is 5.59. The van der Waals surface area contributed by atoms with Crippen molar-refractivity contribution < 1.29 is 23.1 Å². The Morgan fingerprint density at radius 1 is 1.00 bits per heavy atom. The zero-order valence-corrected chi connectivity index (χ0v) is 19.0. The van der Waals surface area contributed by atoms with Gasteiger partial charge in [-0.15, -0.1) is 0 Å². The number of hydrogen-bond donors (Lipinski definition) is 2. The Morgan fingerprint density at radius 3 is 2.41 bits per heavy atom. The largest absolute Gasteiger partial charge is 0.508 e. The number of phenolic OH excluding ortho intramolecular Hbond substituents is 1. The maximum atomic E-state index is 13.5. The van der Waals surface area contributed by atoms with E-state index < -0.39 is 17.2 Å². The summed E-state index contributed by atoms with van der Waals surface area (Å²) in [5.41, 5.74) is 1.59. The summed E-state index contributed by atoms with van der Waals surface area (Å²) in [6, 6.07) is 11.4. The van der Waals surface area contributed by atoms with E-state index in [2.05, 4.69) is 15.4 Å². The number of anilines is 1. The monoisotopic (exact) mass is 468 g/mol. The fraction of sp³-hybridized carbons (Fsp3) is 0.240. The molecule has 1 amide bonds. The second-order valence-electron chi connectivity index (χ2n) is 9.11. The maximum Gasteiger partial charge on any atom is 0.417 e. The van der Waals surface area contributed by atoms with E-state index in [-0.39, 0.29) is 22.9 Å². The van der Waals surface area contributed by atoms with E-state index in [0.717, 1.165) is 29.3 Å². The summed E-state index contributed by atoms with van der Waals surface area (Å²) in [4.78, 5) is 17.0. The number of aromatic nitrogens is 3. The minimum absolute atomic E-state index is 0.0433. The molecule has 0 aliphatic carbocycles. The van der Waals surface area contributed by atoms with Gasteiger partial charge in [-0.25, -0.2) is 9.50 Å². The second-order valence-corrected chi connectivity index (χ2v) is 9.11. The number of rotatable bonds is 3. The quantitative estimate of drug-likeness (QED) is 0.382. The van der Waals surface area contributed by atoms with Gasteiger partial charge in [-0.1, -0.05) is 32.9 Å². The van der Waals surface area contributed by atoms with Crippen LogP contribution in [0.5, 0.6) is 5.75 Å². The van der Waals surface area contributed by atoms with Gasteiger partial charge in [0.25, 0.3) is 0 Å². The Bertz CT molecular complexity index is 1400. The number of nitrogens with one attached hydrogen (secondary N) is 1. The Balaban J connectivity index is 1.74. The summed E-state index contributed by atoms with van der Waals surface area (Å²) in [6.07, 6.45) is -3.00. The van der Waals surface area contributed by atoms with Gasteiger partial charge in [-0.3, -0.25) is 4.79 Å². The number of benzene rings is 2. The van der Waals surface area contributed by atoms with E-state index in [9.17, 15) is 23.1 Å². The molecule has 0 saturated heterocycles. The van der Waals surface area contributed by atoms with Gasteiger partial charge in [0, 0.05) is 22.2 Å². The van der Waals surface area contributed by atoms with Gasteiger partial charge >= 0.3 is 6.18 Å². The normalized spacial score (nSPS) is 12.2. The highest BCUT2D eigenvalue weighted by Crippen LogP contribution is 2.38. The number of amides is 1. The molecule has 0 aliphatic rings. The van der Waals surface area contributed by atoms with Crippen molar-refractivity contribution in [1.29, 1.82) is 0 Å². The zero-order chi connectivity index (χ0) is 24.8. The van der Waals surface area contributed by atoms with Crippen LogP contribution in [0.1, 0.15) is 31.9 Å². The number of halogens is 3. The first-order valence-corrected chi connectivity index (χ1v) is 10.5. The molecular formula is C25H23F3N4O2. The molecule has 2 aromatic heterocycles. The Morgan fingerprint density at radius 2 is 1.74 bits per heavy atom. The molecule has 176 valence electrons. The molecule has 4 aromatic rings. The molecule has 34 heavy (non-hydrogen) atoms. The average molecular weight is 468 g/mol. The summed E-state index contributed by atoms with van der Waals surface area (Å²) >= 11 is 0. The molecule has 0 radical (unpaired) electrons. The Labute approximate surface area is 194 Å². The highest BCUT2D eigenvalue weighted by Gasteiger charge is 2.34. The van der Waals surface area contributed by atoms with E-state index >= 15 is 0 Å². The summed E-state index contributed by atoms with van der Waals surface area (Å²) in [5.74, 6) is -0.415. The Hall–Kier alpha value is -3.88. The van der Waals surface area contributed by atoms with Crippen molar-refractivity contribution in [3.05, 3.63) is 65.9 Å². The molecule has 2 N–H and O–H groups in total. The zero-order valence-electron chi connectivity index (χ0n) is 19.0. The number of phenols is 1. The number of alkyl halides is 3. The molecule has 0 fully saturated rings. The first-order chi connectivity index (χ1) is 15.8. The van der Waals surface area contributed by atoms with Crippen LogP contribution in [-0.2, 0) is 11.0 Å². The summed E-state index contributed by atoms with van der Waals surface area (Å²) < 4.78 is 41.8. The third kappa shape index (κ3) is 4.59. The lowest BCUT2D eigenvalue weighted by Crippen LogP contribution is -2.27. The molecule has 0 spiro atoms. The lowest BCUT2D eigenvalue weighted by molar-refractivity contribution is -0.137. The van der Waals surface area contributed by atoms with E-state index in [1.165, 1.54) is 10.6 Å². The van der Waals surface area contributed by atoms with Crippen LogP contribution in [0, 0.1) is 12.3 Å². The van der Waals surface area contributed by atoms with Gasteiger partial charge < -0.3 is 10.4 Å². The van der Waals surface area contributed by atoms with Crippen molar-refractivity contribution in [1.82, 2.24) is 14.6 Å². The van der Waals surface area contributed by atoms with Crippen molar-refractivity contribution in [2.75, 3.05) is 5.32 Å². The third-order valence-corrected chi connectivity index (χ3v) is 5.37. The smallest absolute Gasteiger partial charge is 0.417 e. The SMILES string of the molecule is Cc1ccc(-c2cn3nc(-c4cc(O)ccc4C(F)(F)F)ccc3n2)cc1NC(=O)C(C)(C)C. The topological polar surface area (TPSA) is 79.5 Å². The molecule has 6 nitrogen and oxygen atoms in total. The molecule has 0 bridgehead atoms. The highest BCUT2D eigenvalue weighted by atomic mass is 19.4. The number of imidazole rings is 1. The lowest BCUT2D eigenvalue weighted by atomic mass is 9.95. The van der Waals surface area contributed by atoms with Crippen molar-refractivity contribution >= 4 is 17.2 Å². The van der Waals surface area contributed by atoms with Crippen LogP contribution in [0.15, 0.2) is 54.7 Å². The molecule has 2 heterocycles. The van der Waals surface area contributed by atoms with Gasteiger partial charge in [0.05, 0.1) is 23.1 Å². The third-order valence-electron chi connectivity index (χ3n) is 5.37. The molecule has 9 heteroatoms. The van der Waals surface area contributed by atoms with E-state index in [4.69, 9.17) is 0 Å². The molecule has 0 atom stereocenters. The number of aryl methyl sites for hydroxylation is 1. The van der Waals surface area contributed by atoms with Crippen molar-refractivity contribution in [2.24, 2.45) is 5.41 Å². The number of carbonyl (C=O) groups excluding carboxylic acids is 1. The fourth-order valence-corrected chi connectivity index (χ4v) is 3.38. The lowest BCUT2D eigenvalue weighted by Gasteiger charge is -2.19. The first kappa shape index (κ1) is 23.3. The maximum absolute atomic E-state index is 13.5. The van der Waals surface area contributed by atoms with Crippen molar-refractivity contribution in [3.8, 4) is 28.3 Å². The second kappa shape index (κ2) is 8.16. The highest BCUT2D eigenvalue weighted by molar-refractivity contribution is 5.95. The van der Waals surface area contributed by atoms with E-state index in [0.29, 0.717) is 17.0 Å². The predicted octanol–water partition coefficient (Wildman–Crippen LogP) is 6.08. The van der Waals surface area contributed by atoms with Gasteiger partial charge in [-0.2, -0.15) is 18.3 Å². The summed E-state index contributed by atoms with van der Waals surface area (Å²) in [5, 5.41) is 17.0. The fourth-order valence-electron chi connectivity index (χ4n) is 3.38. The van der Waals surface area contributed by atoms with Crippen LogP contribution in [0.4, 0.5) is 18.9 Å². The van der Waals surface area contributed by atoms with Crippen LogP contribution in [0.25, 0.3) is 28.2 Å². The van der Waals surface area contributed by atoms with E-state index in [1.54, 1.807) is 18.3 Å². The van der Waals surface area contributed by atoms with Crippen molar-refractivity contribution in [3.63, 3.8) is 0 Å². The number of carbonyl (C=O) groups is 1. The summed E-state index contributed by atoms with van der Waals surface area (Å²) in [7, 11) is 0. The van der Waals surface area contributed by atoms with Crippen LogP contribution >= 0.6 is 0 Å². The molecule has 2 aromatic carbocycles. The molecule has 0 saturated carbocycles. The molecule has 0 unspecified atom stereocenters. The van der Waals surface area contributed by atoms with Gasteiger partial charge in [0.15, 0.2) is 5.65 Å². The number of aromatic hydroxyl groups is 1. The first-order valence-electron chi connectivity index (χ1n) is 10.5. The standard InChI is InChI=1S/C25H23F3N4O2/c1-14-5-6-15(11-20(14)30-23(34)24(2,3)4)21-13-32-22(29-21)10-9-19(31-32)17-12-16(33)7-8-18(17)25(26,27)28/h5-13,33H,1-4H3,(H,30,34). The van der Waals surface area contributed by atoms with Gasteiger partial charge in [-0.05, 0) is 48.9 Å². The summed E-state index contributed by atoms with van der Waals surface area (Å²) in [6.45, 7) is 7.35. The predicted molar refractivity (Wildman–Crippen MR) is 123 cm³/mol. The number of fused-ring (bicyclic) bond motifs is 1. The molecule has 0 aliphatic heterocycles. The van der Waals surface area contributed by atoms with Crippen LogP contribution < -0.4 is 5.32 Å². The molecule has 4 rings (SSSR count). The molecular weight excluding hydrogens is 445 g/mol. The van der Waals surface area contributed by atoms with Crippen LogP contribution in [-0.4, -0.2) is 25.6 Å². The number of hydrogen-bond acceptors (Lipinski definition) is 4. The van der Waals surface area contributed by atoms with Gasteiger partial charge in [0.1, 0.15) is 5.75 Å². The van der Waals surface area contributed by atoms with Crippen LogP contribution in [0.3, 0.4) is 0 Å². The number of nitrogens with zero attached hydrogens (tertiary/aromatic N) is 3. The average Bonchev–Trinajstić information content (AvgIpc) is 3.17. The van der Waals surface area contributed by atoms with E-state index in [1.807, 2.05) is 39.8 Å². The van der Waals surface area contributed by atoms with Gasteiger partial charge in [0.2, 0.25) is 5.91 Å². The van der Waals surface area contributed by atoms with Crippen LogP contribution in [0.2, 0.25) is 0 Å².